The molecule has 1 aromatic carbocycles. The fourth-order valence-electron chi connectivity index (χ4n) is 1.49. The van der Waals surface area contributed by atoms with E-state index in [9.17, 15) is 9.83 Å². The van der Waals surface area contributed by atoms with Crippen LogP contribution in [0.5, 0.6) is 0 Å². The number of hydrogen-bond acceptors (Lipinski definition) is 5. The summed E-state index contributed by atoms with van der Waals surface area (Å²) in [6, 6.07) is 11.1. The van der Waals surface area contributed by atoms with Crippen molar-refractivity contribution >= 4 is 18.2 Å². The zero-order valence-corrected chi connectivity index (χ0v) is 13.5. The average molecular weight is 313 g/mol. The summed E-state index contributed by atoms with van der Waals surface area (Å²) in [6.07, 6.45) is 1.08. The highest BCUT2D eigenvalue weighted by Crippen LogP contribution is 2.63. The number of nitrogens with zero attached hydrogens (tertiary/aromatic N) is 1. The van der Waals surface area contributed by atoms with Crippen molar-refractivity contribution in [1.82, 2.24) is 0 Å². The van der Waals surface area contributed by atoms with Crippen LogP contribution in [0.25, 0.3) is 0 Å². The van der Waals surface area contributed by atoms with Crippen molar-refractivity contribution in [2.75, 3.05) is 12.4 Å². The topological polar surface area (TPSA) is 59.3 Å². The molecular formula is C14H20NO3PS. The van der Waals surface area contributed by atoms with Crippen LogP contribution < -0.4 is 0 Å². The van der Waals surface area contributed by atoms with Crippen LogP contribution >= 0.6 is 18.2 Å². The van der Waals surface area contributed by atoms with Crippen molar-refractivity contribution in [2.45, 2.75) is 32.8 Å². The third-order valence-electron chi connectivity index (χ3n) is 2.49. The lowest BCUT2D eigenvalue weighted by atomic mass is 10.1. The zero-order valence-electron chi connectivity index (χ0n) is 11.8. The van der Waals surface area contributed by atoms with Gasteiger partial charge in [0.1, 0.15) is 0 Å². The standard InChI is InChI=1S/C14H20NO3PS/c1-3-5-11-20-19(16,17-4-2)18-14(12-15)13-9-7-6-8-10-13/h6-10,14H,3-5,11H2,1-2H3. The van der Waals surface area contributed by atoms with Crippen molar-refractivity contribution in [2.24, 2.45) is 0 Å². The number of unbranched alkanes of at least 4 members (excludes halogenated alkanes) is 1. The van der Waals surface area contributed by atoms with E-state index in [4.69, 9.17) is 9.05 Å². The Hall–Kier alpha value is -0.790. The minimum absolute atomic E-state index is 0.295. The van der Waals surface area contributed by atoms with Gasteiger partial charge in [-0.25, -0.2) is 4.57 Å². The van der Waals surface area contributed by atoms with Gasteiger partial charge in [0, 0.05) is 5.75 Å². The second-order valence-corrected chi connectivity index (χ2v) is 8.22. The number of benzene rings is 1. The number of rotatable bonds is 9. The second-order valence-electron chi connectivity index (χ2n) is 4.08. The first-order valence-corrected chi connectivity index (χ1v) is 9.80. The summed E-state index contributed by atoms with van der Waals surface area (Å²) in [4.78, 5) is 0. The first-order chi connectivity index (χ1) is 9.65. The molecule has 0 amide bonds. The molecule has 0 bridgehead atoms. The fourth-order valence-corrected chi connectivity index (χ4v) is 5.11. The van der Waals surface area contributed by atoms with Gasteiger partial charge in [-0.1, -0.05) is 43.7 Å². The maximum Gasteiger partial charge on any atom is 0.390 e. The molecule has 0 fully saturated rings. The van der Waals surface area contributed by atoms with Gasteiger partial charge >= 0.3 is 6.80 Å². The molecule has 110 valence electrons. The van der Waals surface area contributed by atoms with Crippen molar-refractivity contribution in [3.63, 3.8) is 0 Å². The Bertz CT molecular complexity index is 475. The monoisotopic (exact) mass is 313 g/mol. The van der Waals surface area contributed by atoms with Gasteiger partial charge in [-0.2, -0.15) is 5.26 Å². The first-order valence-electron chi connectivity index (χ1n) is 6.67. The van der Waals surface area contributed by atoms with Crippen LogP contribution in [0.3, 0.4) is 0 Å². The first kappa shape index (κ1) is 17.3. The van der Waals surface area contributed by atoms with Crippen molar-refractivity contribution in [1.29, 1.82) is 5.26 Å². The maximum atomic E-state index is 12.6. The van der Waals surface area contributed by atoms with E-state index in [-0.39, 0.29) is 0 Å². The molecule has 2 atom stereocenters. The Morgan fingerprint density at radius 3 is 2.60 bits per heavy atom. The molecule has 1 aromatic rings. The minimum Gasteiger partial charge on any atom is -0.301 e. The molecule has 1 rings (SSSR count). The molecule has 0 aromatic heterocycles. The molecule has 0 aliphatic rings. The summed E-state index contributed by atoms with van der Waals surface area (Å²) in [5.41, 5.74) is 0.686. The zero-order chi connectivity index (χ0) is 14.8. The molecule has 0 aliphatic heterocycles. The average Bonchev–Trinajstić information content (AvgIpc) is 2.46. The van der Waals surface area contributed by atoms with E-state index in [1.807, 2.05) is 24.3 Å². The van der Waals surface area contributed by atoms with Crippen LogP contribution in [0.4, 0.5) is 0 Å². The minimum atomic E-state index is -3.29. The van der Waals surface area contributed by atoms with E-state index in [1.165, 1.54) is 11.4 Å². The van der Waals surface area contributed by atoms with Gasteiger partial charge in [0.15, 0.2) is 6.10 Å². The fraction of sp³-hybridized carbons (Fsp3) is 0.500. The number of hydrogen-bond donors (Lipinski definition) is 0. The molecule has 0 radical (unpaired) electrons. The molecule has 0 heterocycles. The van der Waals surface area contributed by atoms with Crippen LogP contribution in [-0.4, -0.2) is 12.4 Å². The van der Waals surface area contributed by atoms with Crippen LogP contribution in [-0.2, 0) is 13.6 Å². The smallest absolute Gasteiger partial charge is 0.301 e. The van der Waals surface area contributed by atoms with E-state index < -0.39 is 12.9 Å². The van der Waals surface area contributed by atoms with Crippen LogP contribution in [0.15, 0.2) is 30.3 Å². The molecule has 0 saturated heterocycles. The largest absolute Gasteiger partial charge is 0.390 e. The summed E-state index contributed by atoms with van der Waals surface area (Å²) >= 11 is 1.17. The number of nitriles is 1. The van der Waals surface area contributed by atoms with Gasteiger partial charge in [0.25, 0.3) is 0 Å². The van der Waals surface area contributed by atoms with Gasteiger partial charge in [0.2, 0.25) is 0 Å². The van der Waals surface area contributed by atoms with Crippen molar-refractivity contribution in [3.8, 4) is 6.07 Å². The summed E-state index contributed by atoms with van der Waals surface area (Å²) in [5.74, 6) is 0.695. The van der Waals surface area contributed by atoms with Gasteiger partial charge in [0.05, 0.1) is 12.7 Å². The van der Waals surface area contributed by atoms with Crippen LogP contribution in [0.1, 0.15) is 38.4 Å². The molecular weight excluding hydrogens is 293 g/mol. The predicted molar refractivity (Wildman–Crippen MR) is 82.5 cm³/mol. The maximum absolute atomic E-state index is 12.6. The normalized spacial score (nSPS) is 15.2. The third kappa shape index (κ3) is 5.68. The Morgan fingerprint density at radius 1 is 1.35 bits per heavy atom. The molecule has 0 saturated carbocycles. The Kier molecular flexibility index (Phi) is 7.94. The van der Waals surface area contributed by atoms with Crippen molar-refractivity contribution < 1.29 is 13.6 Å². The van der Waals surface area contributed by atoms with E-state index in [0.29, 0.717) is 17.9 Å². The Morgan fingerprint density at radius 2 is 2.05 bits per heavy atom. The highest BCUT2D eigenvalue weighted by atomic mass is 32.7. The highest BCUT2D eigenvalue weighted by molar-refractivity contribution is 8.55. The van der Waals surface area contributed by atoms with Gasteiger partial charge in [-0.3, -0.25) is 4.52 Å². The SMILES string of the molecule is CCCCSP(=O)(OCC)OC(C#N)c1ccccc1. The van der Waals surface area contributed by atoms with Crippen LogP contribution in [0, 0.1) is 11.3 Å². The van der Waals surface area contributed by atoms with E-state index in [2.05, 4.69) is 6.92 Å². The van der Waals surface area contributed by atoms with Gasteiger partial charge < -0.3 is 4.52 Å². The highest BCUT2D eigenvalue weighted by Gasteiger charge is 2.30. The second kappa shape index (κ2) is 9.20. The molecule has 0 N–H and O–H groups in total. The molecule has 0 aliphatic carbocycles. The van der Waals surface area contributed by atoms with Crippen molar-refractivity contribution in [3.05, 3.63) is 35.9 Å². The van der Waals surface area contributed by atoms with Crippen LogP contribution in [0.2, 0.25) is 0 Å². The molecule has 0 spiro atoms. The lowest BCUT2D eigenvalue weighted by molar-refractivity contribution is 0.198. The summed E-state index contributed by atoms with van der Waals surface area (Å²) in [5, 5.41) is 9.22. The lowest BCUT2D eigenvalue weighted by Gasteiger charge is -2.20. The predicted octanol–water partition coefficient (Wildman–Crippen LogP) is 4.95. The van der Waals surface area contributed by atoms with E-state index >= 15 is 0 Å². The molecule has 20 heavy (non-hydrogen) atoms. The third-order valence-corrected chi connectivity index (χ3v) is 6.39. The summed E-state index contributed by atoms with van der Waals surface area (Å²) < 4.78 is 23.4. The Labute approximate surface area is 124 Å². The van der Waals surface area contributed by atoms with E-state index in [0.717, 1.165) is 12.8 Å². The summed E-state index contributed by atoms with van der Waals surface area (Å²) in [6.45, 7) is 0.831. The lowest BCUT2D eigenvalue weighted by Crippen LogP contribution is -2.02. The molecule has 4 nitrogen and oxygen atoms in total. The van der Waals surface area contributed by atoms with E-state index in [1.54, 1.807) is 19.1 Å². The molecule has 6 heteroatoms. The summed E-state index contributed by atoms with van der Waals surface area (Å²) in [7, 11) is 0. The Balaban J connectivity index is 2.77. The molecule has 2 unspecified atom stereocenters. The van der Waals surface area contributed by atoms with Gasteiger partial charge in [-0.15, -0.1) is 0 Å². The van der Waals surface area contributed by atoms with Gasteiger partial charge in [-0.05, 0) is 30.3 Å². The quantitative estimate of drug-likeness (QED) is 0.477.